The quantitative estimate of drug-likeness (QED) is 0.843. The van der Waals surface area contributed by atoms with Crippen LogP contribution in [0, 0.1) is 6.92 Å². The van der Waals surface area contributed by atoms with Crippen LogP contribution in [0.1, 0.15) is 12.5 Å². The van der Waals surface area contributed by atoms with E-state index in [4.69, 9.17) is 16.3 Å². The van der Waals surface area contributed by atoms with Crippen LogP contribution in [0.2, 0.25) is 5.02 Å². The normalized spacial score (nSPS) is 16.7. The van der Waals surface area contributed by atoms with Crippen LogP contribution in [0.25, 0.3) is 0 Å². The van der Waals surface area contributed by atoms with E-state index in [0.29, 0.717) is 17.3 Å². The summed E-state index contributed by atoms with van der Waals surface area (Å²) in [6.07, 6.45) is -0.0545. The largest absolute Gasteiger partial charge is 0.487 e. The number of carbonyl (C=O) groups is 1. The highest BCUT2D eigenvalue weighted by atomic mass is 35.5. The van der Waals surface area contributed by atoms with Crippen LogP contribution in [-0.2, 0) is 0 Å². The van der Waals surface area contributed by atoms with Gasteiger partial charge < -0.3 is 10.1 Å². The minimum Gasteiger partial charge on any atom is -0.487 e. The Kier molecular flexibility index (Phi) is 3.94. The van der Waals surface area contributed by atoms with Crippen molar-refractivity contribution in [2.75, 3.05) is 16.8 Å². The number of ether oxygens (including phenoxy) is 1. The molecule has 0 fully saturated rings. The summed E-state index contributed by atoms with van der Waals surface area (Å²) < 4.78 is 5.76. The van der Waals surface area contributed by atoms with Crippen molar-refractivity contribution >= 4 is 29.0 Å². The number of carbonyl (C=O) groups excluding carboxylic acids is 1. The number of para-hydroxylation sites is 2. The number of anilines is 2. The van der Waals surface area contributed by atoms with Crippen LogP contribution >= 0.6 is 11.6 Å². The van der Waals surface area contributed by atoms with Gasteiger partial charge in [-0.05, 0) is 43.7 Å². The smallest absolute Gasteiger partial charge is 0.326 e. The number of urea groups is 1. The SMILES string of the molecule is Cc1c(Cl)cccc1NC(=O)N1CC(C)Oc2ccccc21. The van der Waals surface area contributed by atoms with Crippen molar-refractivity contribution in [2.24, 2.45) is 0 Å². The fourth-order valence-corrected chi connectivity index (χ4v) is 2.68. The van der Waals surface area contributed by atoms with Gasteiger partial charge in [0.25, 0.3) is 0 Å². The lowest BCUT2D eigenvalue weighted by atomic mass is 10.2. The molecule has 0 saturated heterocycles. The number of hydrogen-bond acceptors (Lipinski definition) is 2. The zero-order chi connectivity index (χ0) is 15.7. The molecule has 2 aromatic rings. The van der Waals surface area contributed by atoms with E-state index in [-0.39, 0.29) is 12.1 Å². The third-order valence-electron chi connectivity index (χ3n) is 3.68. The van der Waals surface area contributed by atoms with Crippen LogP contribution in [0.5, 0.6) is 5.75 Å². The van der Waals surface area contributed by atoms with Crippen LogP contribution in [-0.4, -0.2) is 18.7 Å². The predicted octanol–water partition coefficient (Wildman–Crippen LogP) is 4.47. The van der Waals surface area contributed by atoms with Crippen LogP contribution in [0.15, 0.2) is 42.5 Å². The molecule has 1 heterocycles. The summed E-state index contributed by atoms with van der Waals surface area (Å²) in [5.74, 6) is 0.721. The number of halogens is 1. The number of nitrogens with zero attached hydrogens (tertiary/aromatic N) is 1. The van der Waals surface area contributed by atoms with E-state index in [1.54, 1.807) is 11.0 Å². The van der Waals surface area contributed by atoms with E-state index < -0.39 is 0 Å². The summed E-state index contributed by atoms with van der Waals surface area (Å²) in [5, 5.41) is 3.56. The Labute approximate surface area is 134 Å². The molecular formula is C17H17ClN2O2. The first-order valence-corrected chi connectivity index (χ1v) is 7.53. The minimum absolute atomic E-state index is 0.0545. The fraction of sp³-hybridized carbons (Fsp3) is 0.235. The molecule has 1 atom stereocenters. The zero-order valence-electron chi connectivity index (χ0n) is 12.5. The average Bonchev–Trinajstić information content (AvgIpc) is 2.51. The van der Waals surface area contributed by atoms with Gasteiger partial charge >= 0.3 is 6.03 Å². The third kappa shape index (κ3) is 2.74. The molecule has 0 aliphatic carbocycles. The average molecular weight is 317 g/mol. The van der Waals surface area contributed by atoms with E-state index >= 15 is 0 Å². The number of hydrogen-bond donors (Lipinski definition) is 1. The summed E-state index contributed by atoms with van der Waals surface area (Å²) >= 11 is 6.10. The van der Waals surface area contributed by atoms with Crippen LogP contribution in [0.4, 0.5) is 16.2 Å². The molecule has 5 heteroatoms. The molecule has 0 saturated carbocycles. The van der Waals surface area contributed by atoms with Gasteiger partial charge in [-0.3, -0.25) is 4.90 Å². The Hall–Kier alpha value is -2.20. The Morgan fingerprint density at radius 3 is 2.86 bits per heavy atom. The molecule has 1 unspecified atom stereocenters. The highest BCUT2D eigenvalue weighted by Crippen LogP contribution is 2.33. The highest BCUT2D eigenvalue weighted by molar-refractivity contribution is 6.31. The molecule has 2 amide bonds. The molecule has 0 aromatic heterocycles. The Bertz CT molecular complexity index is 718. The second-order valence-electron chi connectivity index (χ2n) is 5.35. The molecule has 0 radical (unpaired) electrons. The lowest BCUT2D eigenvalue weighted by Crippen LogP contribution is -2.44. The van der Waals surface area contributed by atoms with Crippen molar-refractivity contribution < 1.29 is 9.53 Å². The summed E-state index contributed by atoms with van der Waals surface area (Å²) in [6.45, 7) is 4.33. The molecule has 22 heavy (non-hydrogen) atoms. The molecule has 4 nitrogen and oxygen atoms in total. The van der Waals surface area contributed by atoms with Crippen LogP contribution < -0.4 is 15.0 Å². The van der Waals surface area contributed by atoms with Gasteiger partial charge in [0.05, 0.1) is 12.2 Å². The van der Waals surface area contributed by atoms with Crippen molar-refractivity contribution in [3.63, 3.8) is 0 Å². The number of rotatable bonds is 1. The fourth-order valence-electron chi connectivity index (χ4n) is 2.51. The minimum atomic E-state index is -0.187. The zero-order valence-corrected chi connectivity index (χ0v) is 13.2. The summed E-state index contributed by atoms with van der Waals surface area (Å²) in [5.41, 5.74) is 2.35. The summed E-state index contributed by atoms with van der Waals surface area (Å²) in [6, 6.07) is 12.8. The summed E-state index contributed by atoms with van der Waals surface area (Å²) in [7, 11) is 0. The second kappa shape index (κ2) is 5.89. The Balaban J connectivity index is 1.88. The van der Waals surface area contributed by atoms with Gasteiger partial charge in [-0.15, -0.1) is 0 Å². The Morgan fingerprint density at radius 1 is 1.27 bits per heavy atom. The molecule has 1 aliphatic heterocycles. The first-order valence-electron chi connectivity index (χ1n) is 7.15. The van der Waals surface area contributed by atoms with Crippen molar-refractivity contribution in [3.8, 4) is 5.75 Å². The molecule has 0 bridgehead atoms. The third-order valence-corrected chi connectivity index (χ3v) is 4.09. The van der Waals surface area contributed by atoms with E-state index in [1.165, 1.54) is 0 Å². The van der Waals surface area contributed by atoms with Crippen molar-refractivity contribution in [3.05, 3.63) is 53.1 Å². The van der Waals surface area contributed by atoms with Gasteiger partial charge in [-0.1, -0.05) is 29.8 Å². The predicted molar refractivity (Wildman–Crippen MR) is 89.1 cm³/mol. The van der Waals surface area contributed by atoms with Gasteiger partial charge in [-0.2, -0.15) is 0 Å². The molecule has 1 N–H and O–H groups in total. The standard InChI is InChI=1S/C17H17ClN2O2/c1-11-10-20(15-8-3-4-9-16(15)22-11)17(21)19-14-7-5-6-13(18)12(14)2/h3-9,11H,10H2,1-2H3,(H,19,21). The first-order chi connectivity index (χ1) is 10.6. The van der Waals surface area contributed by atoms with Gasteiger partial charge in [0.15, 0.2) is 0 Å². The van der Waals surface area contributed by atoms with E-state index in [2.05, 4.69) is 5.32 Å². The van der Waals surface area contributed by atoms with E-state index in [9.17, 15) is 4.79 Å². The summed E-state index contributed by atoms with van der Waals surface area (Å²) in [4.78, 5) is 14.4. The van der Waals surface area contributed by atoms with Crippen LogP contribution in [0.3, 0.4) is 0 Å². The van der Waals surface area contributed by atoms with E-state index in [1.807, 2.05) is 50.2 Å². The molecule has 3 rings (SSSR count). The molecule has 1 aliphatic rings. The van der Waals surface area contributed by atoms with E-state index in [0.717, 1.165) is 17.0 Å². The maximum Gasteiger partial charge on any atom is 0.326 e. The van der Waals surface area contributed by atoms with Gasteiger partial charge in [0, 0.05) is 10.7 Å². The first kappa shape index (κ1) is 14.7. The molecule has 114 valence electrons. The van der Waals surface area contributed by atoms with Crippen molar-refractivity contribution in [1.82, 2.24) is 0 Å². The molecule has 0 spiro atoms. The Morgan fingerprint density at radius 2 is 2.05 bits per heavy atom. The number of fused-ring (bicyclic) bond motifs is 1. The topological polar surface area (TPSA) is 41.6 Å². The number of amides is 2. The maximum absolute atomic E-state index is 12.7. The lowest BCUT2D eigenvalue weighted by Gasteiger charge is -2.33. The van der Waals surface area contributed by atoms with Gasteiger partial charge in [-0.25, -0.2) is 4.79 Å². The second-order valence-corrected chi connectivity index (χ2v) is 5.76. The lowest BCUT2D eigenvalue weighted by molar-refractivity contribution is 0.208. The monoisotopic (exact) mass is 316 g/mol. The van der Waals surface area contributed by atoms with Gasteiger partial charge in [0.2, 0.25) is 0 Å². The highest BCUT2D eigenvalue weighted by Gasteiger charge is 2.27. The molecular weight excluding hydrogens is 300 g/mol. The number of benzene rings is 2. The van der Waals surface area contributed by atoms with Gasteiger partial charge in [0.1, 0.15) is 11.9 Å². The van der Waals surface area contributed by atoms with Crippen molar-refractivity contribution in [2.45, 2.75) is 20.0 Å². The van der Waals surface area contributed by atoms with Crippen molar-refractivity contribution in [1.29, 1.82) is 0 Å². The maximum atomic E-state index is 12.7. The molecule has 2 aromatic carbocycles. The number of nitrogens with one attached hydrogen (secondary N) is 1.